The molecule has 0 aromatic carbocycles. The summed E-state index contributed by atoms with van der Waals surface area (Å²) in [5, 5.41) is 0. The van der Waals surface area contributed by atoms with Gasteiger partial charge in [0.2, 0.25) is 5.91 Å². The molecule has 0 saturated heterocycles. The summed E-state index contributed by atoms with van der Waals surface area (Å²) in [6.45, 7) is 7.76. The molecule has 3 heteroatoms. The van der Waals surface area contributed by atoms with Crippen molar-refractivity contribution in [3.63, 3.8) is 0 Å². The molecule has 1 aliphatic heterocycles. The number of nitrogens with zero attached hydrogens (tertiary/aromatic N) is 2. The van der Waals surface area contributed by atoms with E-state index in [0.717, 1.165) is 32.4 Å². The van der Waals surface area contributed by atoms with Crippen molar-refractivity contribution in [1.82, 2.24) is 9.47 Å². The zero-order valence-corrected chi connectivity index (χ0v) is 11.3. The summed E-state index contributed by atoms with van der Waals surface area (Å²) in [6, 6.07) is 0. The number of amides is 1. The first-order valence-corrected chi connectivity index (χ1v) is 6.53. The van der Waals surface area contributed by atoms with Crippen LogP contribution in [0.3, 0.4) is 0 Å². The lowest BCUT2D eigenvalue weighted by Gasteiger charge is -2.27. The number of fused-ring (bicyclic) bond motifs is 1. The molecule has 2 rings (SSSR count). The molecule has 0 N–H and O–H groups in total. The summed E-state index contributed by atoms with van der Waals surface area (Å²) >= 11 is 0. The first-order valence-electron chi connectivity index (χ1n) is 6.53. The van der Waals surface area contributed by atoms with E-state index in [-0.39, 0.29) is 5.91 Å². The van der Waals surface area contributed by atoms with Crippen LogP contribution in [0.4, 0.5) is 0 Å². The van der Waals surface area contributed by atoms with E-state index in [4.69, 9.17) is 0 Å². The SMILES string of the molecule is CCc1c2c(n(C)c1CC)CN(C(C)=O)CC2. The standard InChI is InChI=1S/C14H22N2O/c1-5-11-12-7-8-16(10(3)17)9-14(12)15(4)13(11)6-2/h5-9H2,1-4H3. The number of carbonyl (C=O) groups excluding carboxylic acids is 1. The Morgan fingerprint density at radius 2 is 2.00 bits per heavy atom. The Hall–Kier alpha value is -1.25. The fraction of sp³-hybridized carbons (Fsp3) is 0.643. The van der Waals surface area contributed by atoms with Crippen molar-refractivity contribution >= 4 is 5.91 Å². The summed E-state index contributed by atoms with van der Waals surface area (Å²) < 4.78 is 2.31. The van der Waals surface area contributed by atoms with E-state index in [1.165, 1.54) is 22.5 Å². The van der Waals surface area contributed by atoms with E-state index in [1.54, 1.807) is 6.92 Å². The number of rotatable bonds is 2. The molecule has 1 amide bonds. The van der Waals surface area contributed by atoms with E-state index >= 15 is 0 Å². The molecule has 3 nitrogen and oxygen atoms in total. The van der Waals surface area contributed by atoms with Gasteiger partial charge < -0.3 is 9.47 Å². The Kier molecular flexibility index (Phi) is 3.27. The summed E-state index contributed by atoms with van der Waals surface area (Å²) in [5.74, 6) is 0.188. The minimum Gasteiger partial charge on any atom is -0.350 e. The van der Waals surface area contributed by atoms with Crippen molar-refractivity contribution in [2.75, 3.05) is 6.54 Å². The fourth-order valence-electron chi connectivity index (χ4n) is 3.06. The van der Waals surface area contributed by atoms with Crippen LogP contribution in [0.15, 0.2) is 0 Å². The highest BCUT2D eigenvalue weighted by Crippen LogP contribution is 2.28. The maximum Gasteiger partial charge on any atom is 0.219 e. The lowest BCUT2D eigenvalue weighted by molar-refractivity contribution is -0.129. The molecule has 0 unspecified atom stereocenters. The van der Waals surface area contributed by atoms with Gasteiger partial charge in [-0.05, 0) is 30.4 Å². The molecule has 0 atom stereocenters. The van der Waals surface area contributed by atoms with Crippen LogP contribution >= 0.6 is 0 Å². The zero-order chi connectivity index (χ0) is 12.6. The molecule has 0 saturated carbocycles. The first-order chi connectivity index (χ1) is 8.10. The van der Waals surface area contributed by atoms with Crippen molar-refractivity contribution in [3.8, 4) is 0 Å². The number of hydrogen-bond acceptors (Lipinski definition) is 1. The zero-order valence-electron chi connectivity index (χ0n) is 11.3. The van der Waals surface area contributed by atoms with Crippen LogP contribution in [0, 0.1) is 0 Å². The molecule has 1 aromatic rings. The maximum absolute atomic E-state index is 11.5. The highest BCUT2D eigenvalue weighted by molar-refractivity contribution is 5.73. The van der Waals surface area contributed by atoms with Crippen molar-refractivity contribution in [1.29, 1.82) is 0 Å². The monoisotopic (exact) mass is 234 g/mol. The summed E-state index contributed by atoms with van der Waals surface area (Å²) in [7, 11) is 2.14. The van der Waals surface area contributed by atoms with Gasteiger partial charge in [0.1, 0.15) is 0 Å². The van der Waals surface area contributed by atoms with E-state index in [1.807, 2.05) is 4.90 Å². The number of carbonyl (C=O) groups is 1. The van der Waals surface area contributed by atoms with Crippen molar-refractivity contribution in [2.24, 2.45) is 7.05 Å². The summed E-state index contributed by atoms with van der Waals surface area (Å²) in [6.07, 6.45) is 3.20. The van der Waals surface area contributed by atoms with E-state index in [0.29, 0.717) is 0 Å². The average molecular weight is 234 g/mol. The largest absolute Gasteiger partial charge is 0.350 e. The second kappa shape index (κ2) is 4.55. The molecular weight excluding hydrogens is 212 g/mol. The van der Waals surface area contributed by atoms with Gasteiger partial charge in [0.15, 0.2) is 0 Å². The minimum atomic E-state index is 0.188. The Bertz CT molecular complexity index is 446. The molecule has 17 heavy (non-hydrogen) atoms. The molecule has 0 spiro atoms. The van der Waals surface area contributed by atoms with Gasteiger partial charge in [-0.2, -0.15) is 0 Å². The third-order valence-electron chi connectivity index (χ3n) is 3.98. The maximum atomic E-state index is 11.5. The number of aromatic nitrogens is 1. The molecule has 0 bridgehead atoms. The summed E-state index contributed by atoms with van der Waals surface area (Å²) in [4.78, 5) is 13.4. The van der Waals surface area contributed by atoms with E-state index in [9.17, 15) is 4.79 Å². The second-order valence-corrected chi connectivity index (χ2v) is 4.81. The minimum absolute atomic E-state index is 0.188. The number of hydrogen-bond donors (Lipinski definition) is 0. The van der Waals surface area contributed by atoms with Crippen LogP contribution in [-0.4, -0.2) is 21.9 Å². The average Bonchev–Trinajstić information content (AvgIpc) is 2.60. The van der Waals surface area contributed by atoms with Crippen LogP contribution in [0.2, 0.25) is 0 Å². The molecule has 1 aliphatic rings. The van der Waals surface area contributed by atoms with Crippen molar-refractivity contribution < 1.29 is 4.79 Å². The highest BCUT2D eigenvalue weighted by Gasteiger charge is 2.25. The third kappa shape index (κ3) is 1.88. The Morgan fingerprint density at radius 3 is 2.53 bits per heavy atom. The van der Waals surface area contributed by atoms with Gasteiger partial charge in [-0.25, -0.2) is 0 Å². The Balaban J connectivity index is 2.45. The quantitative estimate of drug-likeness (QED) is 0.769. The van der Waals surface area contributed by atoms with Gasteiger partial charge in [-0.1, -0.05) is 13.8 Å². The Labute approximate surface area is 103 Å². The molecule has 1 aromatic heterocycles. The molecule has 0 radical (unpaired) electrons. The van der Waals surface area contributed by atoms with E-state index < -0.39 is 0 Å². The molecule has 0 fully saturated rings. The first kappa shape index (κ1) is 12.2. The second-order valence-electron chi connectivity index (χ2n) is 4.81. The van der Waals surface area contributed by atoms with Gasteiger partial charge in [-0.15, -0.1) is 0 Å². The smallest absolute Gasteiger partial charge is 0.219 e. The predicted molar refractivity (Wildman–Crippen MR) is 69.0 cm³/mol. The topological polar surface area (TPSA) is 25.2 Å². The normalized spacial score (nSPS) is 14.9. The van der Waals surface area contributed by atoms with Gasteiger partial charge in [0.05, 0.1) is 6.54 Å². The van der Waals surface area contributed by atoms with Crippen LogP contribution in [0.1, 0.15) is 43.3 Å². The molecule has 0 aliphatic carbocycles. The lowest BCUT2D eigenvalue weighted by Crippen LogP contribution is -2.35. The highest BCUT2D eigenvalue weighted by atomic mass is 16.2. The van der Waals surface area contributed by atoms with Crippen LogP contribution in [-0.2, 0) is 37.6 Å². The van der Waals surface area contributed by atoms with Gasteiger partial charge >= 0.3 is 0 Å². The van der Waals surface area contributed by atoms with Crippen LogP contribution in [0.25, 0.3) is 0 Å². The predicted octanol–water partition coefficient (Wildman–Crippen LogP) is 2.05. The van der Waals surface area contributed by atoms with Crippen LogP contribution < -0.4 is 0 Å². The molecule has 2 heterocycles. The fourth-order valence-corrected chi connectivity index (χ4v) is 3.06. The molecule has 94 valence electrons. The van der Waals surface area contributed by atoms with Gasteiger partial charge in [-0.3, -0.25) is 4.79 Å². The van der Waals surface area contributed by atoms with Crippen molar-refractivity contribution in [2.45, 2.75) is 46.6 Å². The summed E-state index contributed by atoms with van der Waals surface area (Å²) in [5.41, 5.74) is 5.82. The van der Waals surface area contributed by atoms with Gasteiger partial charge in [0.25, 0.3) is 0 Å². The van der Waals surface area contributed by atoms with Gasteiger partial charge in [0, 0.05) is 31.9 Å². The van der Waals surface area contributed by atoms with Crippen molar-refractivity contribution in [3.05, 3.63) is 22.5 Å². The van der Waals surface area contributed by atoms with Crippen LogP contribution in [0.5, 0.6) is 0 Å². The van der Waals surface area contributed by atoms with E-state index in [2.05, 4.69) is 25.5 Å². The third-order valence-corrected chi connectivity index (χ3v) is 3.98. The Morgan fingerprint density at radius 1 is 1.29 bits per heavy atom. The lowest BCUT2D eigenvalue weighted by atomic mass is 9.99. The molecular formula is C14H22N2O.